The SMILES string of the molecule is CC1(C(=O)OC2(C(N)=O)CC2)COC(c2nc(-c3ccc(F)cc3)c(-c3ccnc(OC4CCCCC4)n3)[nH]2)OC1. The monoisotopic (exact) mass is 565 g/mol. The summed E-state index contributed by atoms with van der Waals surface area (Å²) in [6, 6.07) is 7.98. The fraction of sp³-hybridized carbons (Fsp3) is 0.483. The first kappa shape index (κ1) is 27.3. The van der Waals surface area contributed by atoms with E-state index in [0.717, 1.165) is 25.7 Å². The topological polar surface area (TPSA) is 152 Å². The maximum absolute atomic E-state index is 13.7. The number of ether oxygens (including phenoxy) is 4. The Morgan fingerprint density at radius 2 is 1.76 bits per heavy atom. The van der Waals surface area contributed by atoms with Crippen LogP contribution in [0, 0.1) is 11.2 Å². The summed E-state index contributed by atoms with van der Waals surface area (Å²) in [6.07, 6.45) is 6.98. The molecule has 0 radical (unpaired) electrons. The van der Waals surface area contributed by atoms with Crippen molar-refractivity contribution >= 4 is 11.9 Å². The van der Waals surface area contributed by atoms with Gasteiger partial charge in [-0.3, -0.25) is 9.59 Å². The van der Waals surface area contributed by atoms with Gasteiger partial charge in [0.2, 0.25) is 6.29 Å². The number of primary amides is 1. The average molecular weight is 566 g/mol. The molecule has 1 aromatic carbocycles. The number of aromatic nitrogens is 4. The van der Waals surface area contributed by atoms with Crippen molar-refractivity contribution in [3.63, 3.8) is 0 Å². The van der Waals surface area contributed by atoms with Gasteiger partial charge in [-0.1, -0.05) is 6.42 Å². The Bertz CT molecular complexity index is 1430. The predicted octanol–water partition coefficient (Wildman–Crippen LogP) is 4.00. The second-order valence-corrected chi connectivity index (χ2v) is 11.2. The molecule has 3 heterocycles. The fourth-order valence-electron chi connectivity index (χ4n) is 5.07. The molecule has 2 aromatic heterocycles. The Morgan fingerprint density at radius 3 is 2.41 bits per heavy atom. The fourth-order valence-corrected chi connectivity index (χ4v) is 5.07. The summed E-state index contributed by atoms with van der Waals surface area (Å²) >= 11 is 0. The van der Waals surface area contributed by atoms with E-state index in [1.165, 1.54) is 18.6 Å². The molecule has 41 heavy (non-hydrogen) atoms. The van der Waals surface area contributed by atoms with Crippen molar-refractivity contribution in [2.75, 3.05) is 13.2 Å². The maximum Gasteiger partial charge on any atom is 0.317 e. The lowest BCUT2D eigenvalue weighted by molar-refractivity contribution is -0.240. The van der Waals surface area contributed by atoms with Gasteiger partial charge >= 0.3 is 12.0 Å². The first-order chi connectivity index (χ1) is 19.7. The zero-order valence-electron chi connectivity index (χ0n) is 22.7. The number of benzene rings is 1. The van der Waals surface area contributed by atoms with Gasteiger partial charge in [-0.2, -0.15) is 4.98 Å². The first-order valence-corrected chi connectivity index (χ1v) is 13.9. The van der Waals surface area contributed by atoms with Crippen molar-refractivity contribution in [1.82, 2.24) is 19.9 Å². The Morgan fingerprint density at radius 1 is 1.05 bits per heavy atom. The van der Waals surface area contributed by atoms with E-state index in [4.69, 9.17) is 29.7 Å². The molecule has 11 nitrogen and oxygen atoms in total. The minimum absolute atomic E-state index is 0.0276. The van der Waals surface area contributed by atoms with E-state index in [-0.39, 0.29) is 31.1 Å². The van der Waals surface area contributed by atoms with E-state index in [1.807, 2.05) is 0 Å². The summed E-state index contributed by atoms with van der Waals surface area (Å²) in [7, 11) is 0. The maximum atomic E-state index is 13.7. The summed E-state index contributed by atoms with van der Waals surface area (Å²) in [5.41, 5.74) is 5.30. The average Bonchev–Trinajstić information content (AvgIpc) is 3.63. The predicted molar refractivity (Wildman–Crippen MR) is 143 cm³/mol. The number of hydrogen-bond acceptors (Lipinski definition) is 9. The number of esters is 1. The summed E-state index contributed by atoms with van der Waals surface area (Å²) < 4.78 is 37.1. The van der Waals surface area contributed by atoms with Crippen molar-refractivity contribution in [2.24, 2.45) is 11.1 Å². The molecule has 1 saturated heterocycles. The van der Waals surface area contributed by atoms with Gasteiger partial charge in [0.15, 0.2) is 11.4 Å². The molecule has 0 atom stereocenters. The van der Waals surface area contributed by atoms with E-state index < -0.39 is 29.2 Å². The molecule has 3 N–H and O–H groups in total. The Labute approximate surface area is 236 Å². The number of nitrogens with one attached hydrogen (secondary N) is 1. The van der Waals surface area contributed by atoms with Crippen LogP contribution >= 0.6 is 0 Å². The summed E-state index contributed by atoms with van der Waals surface area (Å²) in [4.78, 5) is 41.5. The third-order valence-electron chi connectivity index (χ3n) is 7.82. The van der Waals surface area contributed by atoms with Crippen LogP contribution in [0.25, 0.3) is 22.6 Å². The van der Waals surface area contributed by atoms with Gasteiger partial charge in [0.1, 0.15) is 17.3 Å². The Balaban J connectivity index is 1.24. The highest BCUT2D eigenvalue weighted by Crippen LogP contribution is 2.42. The molecule has 0 bridgehead atoms. The first-order valence-electron chi connectivity index (χ1n) is 13.9. The van der Waals surface area contributed by atoms with Crippen LogP contribution in [0.2, 0.25) is 0 Å². The van der Waals surface area contributed by atoms with Crippen LogP contribution in [0.15, 0.2) is 36.5 Å². The van der Waals surface area contributed by atoms with Gasteiger partial charge < -0.3 is 29.7 Å². The van der Waals surface area contributed by atoms with Crippen molar-refractivity contribution in [3.8, 4) is 28.7 Å². The molecule has 12 heteroatoms. The van der Waals surface area contributed by atoms with Crippen LogP contribution in [0.4, 0.5) is 4.39 Å². The minimum Gasteiger partial charge on any atom is -0.460 e. The number of amides is 1. The highest BCUT2D eigenvalue weighted by atomic mass is 19.1. The molecular formula is C29H32FN5O6. The van der Waals surface area contributed by atoms with Crippen LogP contribution in [-0.4, -0.2) is 56.7 Å². The van der Waals surface area contributed by atoms with Gasteiger partial charge in [0.05, 0.1) is 30.3 Å². The quantitative estimate of drug-likeness (QED) is 0.386. The van der Waals surface area contributed by atoms with Crippen molar-refractivity contribution in [1.29, 1.82) is 0 Å². The number of carbonyl (C=O) groups is 2. The Kier molecular flexibility index (Phi) is 7.20. The van der Waals surface area contributed by atoms with Crippen LogP contribution in [0.3, 0.4) is 0 Å². The molecule has 3 aliphatic rings. The van der Waals surface area contributed by atoms with E-state index >= 15 is 0 Å². The van der Waals surface area contributed by atoms with Crippen LogP contribution in [-0.2, 0) is 23.8 Å². The second kappa shape index (κ2) is 10.8. The zero-order valence-corrected chi connectivity index (χ0v) is 22.7. The molecular weight excluding hydrogens is 533 g/mol. The van der Waals surface area contributed by atoms with Crippen molar-refractivity contribution in [3.05, 3.63) is 48.2 Å². The standard InChI is InChI=1S/C29H32FN5O6/c1-28(26(37)41-29(12-13-29)25(31)36)15-38-24(39-16-28)23-34-21(17-7-9-18(30)10-8-17)22(35-23)20-11-14-32-27(33-20)40-19-5-3-2-4-6-19/h7-11,14,19,24H,2-6,12-13,15-16H2,1H3,(H2,31,36)(H,34,35). The number of H-pyrrole nitrogens is 1. The normalized spacial score (nSPS) is 24.0. The number of nitrogens with two attached hydrogens (primary N) is 1. The van der Waals surface area contributed by atoms with E-state index in [1.54, 1.807) is 31.3 Å². The molecule has 1 aliphatic heterocycles. The van der Waals surface area contributed by atoms with Crippen LogP contribution < -0.4 is 10.5 Å². The lowest BCUT2D eigenvalue weighted by atomic mass is 9.92. The third-order valence-corrected chi connectivity index (χ3v) is 7.82. The highest BCUT2D eigenvalue weighted by Gasteiger charge is 2.55. The van der Waals surface area contributed by atoms with E-state index in [0.29, 0.717) is 41.3 Å². The molecule has 2 aliphatic carbocycles. The van der Waals surface area contributed by atoms with Crippen LogP contribution in [0.1, 0.15) is 64.0 Å². The van der Waals surface area contributed by atoms with E-state index in [9.17, 15) is 14.0 Å². The number of rotatable bonds is 8. The molecule has 2 saturated carbocycles. The van der Waals surface area contributed by atoms with Gasteiger partial charge in [-0.15, -0.1) is 0 Å². The van der Waals surface area contributed by atoms with Gasteiger partial charge in [-0.25, -0.2) is 14.4 Å². The summed E-state index contributed by atoms with van der Waals surface area (Å²) in [6.45, 7) is 1.59. The van der Waals surface area contributed by atoms with E-state index in [2.05, 4.69) is 15.0 Å². The van der Waals surface area contributed by atoms with Gasteiger partial charge in [0.25, 0.3) is 5.91 Å². The number of carbonyl (C=O) groups excluding carboxylic acids is 2. The highest BCUT2D eigenvalue weighted by molar-refractivity contribution is 5.90. The molecule has 3 aromatic rings. The zero-order chi connectivity index (χ0) is 28.6. The lowest BCUT2D eigenvalue weighted by Crippen LogP contribution is -2.47. The molecule has 0 unspecified atom stereocenters. The third kappa shape index (κ3) is 5.66. The molecule has 1 amide bonds. The number of imidazole rings is 1. The summed E-state index contributed by atoms with van der Waals surface area (Å²) in [5, 5.41) is 0. The number of hydrogen-bond donors (Lipinski definition) is 2. The molecule has 3 fully saturated rings. The number of aromatic amines is 1. The molecule has 6 rings (SSSR count). The smallest absolute Gasteiger partial charge is 0.317 e. The Hall–Kier alpha value is -3.90. The number of halogens is 1. The van der Waals surface area contributed by atoms with Gasteiger partial charge in [-0.05, 0) is 62.9 Å². The largest absolute Gasteiger partial charge is 0.460 e. The second-order valence-electron chi connectivity index (χ2n) is 11.2. The van der Waals surface area contributed by atoms with Crippen LogP contribution in [0.5, 0.6) is 6.01 Å². The van der Waals surface area contributed by atoms with Crippen molar-refractivity contribution in [2.45, 2.75) is 69.9 Å². The molecule has 216 valence electrons. The van der Waals surface area contributed by atoms with Crippen molar-refractivity contribution < 1.29 is 32.9 Å². The molecule has 0 spiro atoms. The van der Waals surface area contributed by atoms with Gasteiger partial charge in [0, 0.05) is 24.6 Å². The summed E-state index contributed by atoms with van der Waals surface area (Å²) in [5.74, 6) is -1.28. The minimum atomic E-state index is -1.23. The lowest BCUT2D eigenvalue weighted by Gasteiger charge is -2.35. The number of nitrogens with zero attached hydrogens (tertiary/aromatic N) is 3.